The number of ether oxygens (including phenoxy) is 1. The maximum absolute atomic E-state index is 5.79. The van der Waals surface area contributed by atoms with Gasteiger partial charge in [0.25, 0.3) is 0 Å². The summed E-state index contributed by atoms with van der Waals surface area (Å²) in [5.74, 6) is 1.85. The molecule has 76 valence electrons. The molecule has 1 N–H and O–H groups in total. The summed E-state index contributed by atoms with van der Waals surface area (Å²) in [4.78, 5) is 7.29. The van der Waals surface area contributed by atoms with Crippen LogP contribution in [0.25, 0.3) is 0 Å². The minimum Gasteiger partial charge on any atom is -0.482 e. The average Bonchev–Trinajstić information content (AvgIpc) is 2.84. The van der Waals surface area contributed by atoms with Gasteiger partial charge in [-0.3, -0.25) is 0 Å². The molecule has 0 unspecified atom stereocenters. The maximum atomic E-state index is 5.79. The van der Waals surface area contributed by atoms with E-state index in [1.165, 1.54) is 5.56 Å². The highest BCUT2D eigenvalue weighted by atomic mass is 79.9. The van der Waals surface area contributed by atoms with E-state index in [9.17, 15) is 0 Å². The fraction of sp³-hybridized carbons (Fsp3) is 0.182. The Morgan fingerprint density at radius 3 is 3.20 bits per heavy atom. The molecule has 2 heterocycles. The lowest BCUT2D eigenvalue weighted by molar-refractivity contribution is 0.229. The average molecular weight is 265 g/mol. The van der Waals surface area contributed by atoms with Crippen LogP contribution in [0.5, 0.6) is 5.75 Å². The lowest BCUT2D eigenvalue weighted by Gasteiger charge is -2.06. The lowest BCUT2D eigenvalue weighted by Crippen LogP contribution is -2.04. The van der Waals surface area contributed by atoms with E-state index in [1.807, 2.05) is 18.3 Å². The highest BCUT2D eigenvalue weighted by Crippen LogP contribution is 2.36. The number of aromatic nitrogens is 2. The van der Waals surface area contributed by atoms with Gasteiger partial charge < -0.3 is 9.72 Å². The molecule has 0 aliphatic carbocycles. The summed E-state index contributed by atoms with van der Waals surface area (Å²) in [7, 11) is 0. The highest BCUT2D eigenvalue weighted by molar-refractivity contribution is 9.10. The van der Waals surface area contributed by atoms with E-state index in [0.717, 1.165) is 22.5 Å². The Balaban J connectivity index is 1.92. The van der Waals surface area contributed by atoms with E-state index < -0.39 is 0 Å². The van der Waals surface area contributed by atoms with E-state index in [4.69, 9.17) is 4.74 Å². The molecule has 1 atom stereocenters. The van der Waals surface area contributed by atoms with Crippen LogP contribution in [-0.4, -0.2) is 9.97 Å². The van der Waals surface area contributed by atoms with Crippen LogP contribution < -0.4 is 4.74 Å². The zero-order chi connectivity index (χ0) is 10.3. The summed E-state index contributed by atoms with van der Waals surface area (Å²) < 4.78 is 6.88. The van der Waals surface area contributed by atoms with Crippen LogP contribution in [0.3, 0.4) is 0 Å². The van der Waals surface area contributed by atoms with E-state index >= 15 is 0 Å². The molecule has 15 heavy (non-hydrogen) atoms. The van der Waals surface area contributed by atoms with Crippen molar-refractivity contribution in [3.05, 3.63) is 46.5 Å². The quantitative estimate of drug-likeness (QED) is 0.860. The number of hydrogen-bond donors (Lipinski definition) is 1. The van der Waals surface area contributed by atoms with Crippen molar-refractivity contribution in [1.82, 2.24) is 9.97 Å². The predicted octanol–water partition coefficient (Wildman–Crippen LogP) is 2.85. The number of fused-ring (bicyclic) bond motifs is 1. The van der Waals surface area contributed by atoms with Gasteiger partial charge in [0.2, 0.25) is 0 Å². The van der Waals surface area contributed by atoms with Gasteiger partial charge in [0.15, 0.2) is 6.10 Å². The number of nitrogens with one attached hydrogen (secondary N) is 1. The third kappa shape index (κ3) is 1.55. The van der Waals surface area contributed by atoms with Crippen LogP contribution in [0.15, 0.2) is 35.1 Å². The van der Waals surface area contributed by atoms with E-state index in [1.54, 1.807) is 6.20 Å². The minimum absolute atomic E-state index is 0.0318. The Morgan fingerprint density at radius 1 is 1.47 bits per heavy atom. The van der Waals surface area contributed by atoms with Gasteiger partial charge in [0, 0.05) is 23.3 Å². The van der Waals surface area contributed by atoms with E-state index in [0.29, 0.717) is 0 Å². The molecule has 1 aliphatic rings. The third-order valence-electron chi connectivity index (χ3n) is 2.52. The molecule has 4 heteroatoms. The lowest BCUT2D eigenvalue weighted by atomic mass is 10.1. The predicted molar refractivity (Wildman–Crippen MR) is 59.8 cm³/mol. The topological polar surface area (TPSA) is 37.9 Å². The second kappa shape index (κ2) is 3.38. The molecule has 0 fully saturated rings. The van der Waals surface area contributed by atoms with Crippen LogP contribution >= 0.6 is 15.9 Å². The molecule has 0 radical (unpaired) electrons. The maximum Gasteiger partial charge on any atom is 0.160 e. The fourth-order valence-corrected chi connectivity index (χ4v) is 2.23. The van der Waals surface area contributed by atoms with Crippen molar-refractivity contribution >= 4 is 15.9 Å². The minimum atomic E-state index is 0.0318. The Hall–Kier alpha value is -1.29. The number of aromatic amines is 1. The molecule has 1 aromatic carbocycles. The molecule has 0 spiro atoms. The number of halogens is 1. The first-order valence-electron chi connectivity index (χ1n) is 4.77. The SMILES string of the molecule is Brc1ccc2c(c1)C[C@@H](c1ncc[nH]1)O2. The first-order chi connectivity index (χ1) is 7.33. The summed E-state index contributed by atoms with van der Waals surface area (Å²) in [6.07, 6.45) is 4.47. The molecule has 1 aliphatic heterocycles. The summed E-state index contributed by atoms with van der Waals surface area (Å²) >= 11 is 3.45. The Labute approximate surface area is 95.6 Å². The van der Waals surface area contributed by atoms with E-state index in [2.05, 4.69) is 32.0 Å². The van der Waals surface area contributed by atoms with Crippen LogP contribution in [0.4, 0.5) is 0 Å². The second-order valence-corrected chi connectivity index (χ2v) is 4.45. The molecule has 3 nitrogen and oxygen atoms in total. The Morgan fingerprint density at radius 2 is 2.40 bits per heavy atom. The van der Waals surface area contributed by atoms with Crippen LogP contribution in [0.1, 0.15) is 17.5 Å². The van der Waals surface area contributed by atoms with Gasteiger partial charge in [-0.1, -0.05) is 15.9 Å². The Kier molecular flexibility index (Phi) is 2.02. The van der Waals surface area contributed by atoms with Crippen LogP contribution in [0.2, 0.25) is 0 Å². The number of benzene rings is 1. The largest absolute Gasteiger partial charge is 0.482 e. The molecule has 3 rings (SSSR count). The third-order valence-corrected chi connectivity index (χ3v) is 3.01. The van der Waals surface area contributed by atoms with Crippen LogP contribution in [0, 0.1) is 0 Å². The van der Waals surface area contributed by atoms with Gasteiger partial charge in [-0.05, 0) is 23.8 Å². The number of imidazole rings is 1. The fourth-order valence-electron chi connectivity index (χ4n) is 1.82. The number of nitrogens with zero attached hydrogens (tertiary/aromatic N) is 1. The molecule has 0 amide bonds. The van der Waals surface area contributed by atoms with Crippen molar-refractivity contribution in [3.8, 4) is 5.75 Å². The van der Waals surface area contributed by atoms with Crippen molar-refractivity contribution in [2.45, 2.75) is 12.5 Å². The normalized spacial score (nSPS) is 18.6. The molecular formula is C11H9BrN2O. The number of H-pyrrole nitrogens is 1. The van der Waals surface area contributed by atoms with Gasteiger partial charge in [-0.2, -0.15) is 0 Å². The molecule has 0 saturated heterocycles. The number of hydrogen-bond acceptors (Lipinski definition) is 2. The summed E-state index contributed by atoms with van der Waals surface area (Å²) in [6.45, 7) is 0. The smallest absolute Gasteiger partial charge is 0.160 e. The van der Waals surface area contributed by atoms with Crippen molar-refractivity contribution in [3.63, 3.8) is 0 Å². The van der Waals surface area contributed by atoms with E-state index in [-0.39, 0.29) is 6.10 Å². The van der Waals surface area contributed by atoms with Crippen LogP contribution in [-0.2, 0) is 6.42 Å². The Bertz CT molecular complexity index is 481. The van der Waals surface area contributed by atoms with Gasteiger partial charge in [0.05, 0.1) is 0 Å². The molecule has 1 aromatic heterocycles. The van der Waals surface area contributed by atoms with Gasteiger partial charge >= 0.3 is 0 Å². The molecule has 2 aromatic rings. The zero-order valence-corrected chi connectivity index (χ0v) is 9.49. The van der Waals surface area contributed by atoms with Crippen molar-refractivity contribution in [1.29, 1.82) is 0 Å². The first-order valence-corrected chi connectivity index (χ1v) is 5.56. The molecule has 0 bridgehead atoms. The first kappa shape index (κ1) is 8.97. The molecular weight excluding hydrogens is 256 g/mol. The van der Waals surface area contributed by atoms with Gasteiger partial charge in [0.1, 0.15) is 11.6 Å². The van der Waals surface area contributed by atoms with Gasteiger partial charge in [-0.25, -0.2) is 4.98 Å². The summed E-state index contributed by atoms with van der Waals surface area (Å²) in [6, 6.07) is 6.07. The summed E-state index contributed by atoms with van der Waals surface area (Å²) in [5, 5.41) is 0. The second-order valence-electron chi connectivity index (χ2n) is 3.54. The van der Waals surface area contributed by atoms with Gasteiger partial charge in [-0.15, -0.1) is 0 Å². The summed E-state index contributed by atoms with van der Waals surface area (Å²) in [5.41, 5.74) is 1.23. The zero-order valence-electron chi connectivity index (χ0n) is 7.90. The van der Waals surface area contributed by atoms with Crippen molar-refractivity contribution < 1.29 is 4.74 Å². The monoisotopic (exact) mass is 264 g/mol. The highest BCUT2D eigenvalue weighted by Gasteiger charge is 2.25. The van der Waals surface area contributed by atoms with Crippen molar-refractivity contribution in [2.75, 3.05) is 0 Å². The molecule has 0 saturated carbocycles. The van der Waals surface area contributed by atoms with Crippen molar-refractivity contribution in [2.24, 2.45) is 0 Å². The number of rotatable bonds is 1. The standard InChI is InChI=1S/C11H9BrN2O/c12-8-1-2-9-7(5-8)6-10(15-9)11-13-3-4-14-11/h1-5,10H,6H2,(H,13,14)/t10-/m0/s1.